The minimum Gasteiger partial charge on any atom is -0.484 e. The Morgan fingerprint density at radius 3 is 2.15 bits per heavy atom. The maximum Gasteiger partial charge on any atom is 0.422 e. The number of hydrogen-bond acceptors (Lipinski definition) is 3. The van der Waals surface area contributed by atoms with E-state index >= 15 is 0 Å². The van der Waals surface area contributed by atoms with E-state index in [4.69, 9.17) is 11.6 Å². The Labute approximate surface area is 165 Å². The molecule has 0 aliphatic heterocycles. The molecule has 0 radical (unpaired) electrons. The standard InChI is InChI=1S/C14H12ClF3N2O2S.2C2H6/c1-19-23(21)11-6-12(20-13(15)7-11)9-2-4-10(5-3-9)22-8-14(16,17)18;2*1-2/h2-7,19H,8H2,1H3;2*1-2H3. The van der Waals surface area contributed by atoms with Gasteiger partial charge in [-0.15, -0.1) is 0 Å². The van der Waals surface area contributed by atoms with Gasteiger partial charge < -0.3 is 4.74 Å². The lowest BCUT2D eigenvalue weighted by molar-refractivity contribution is -0.153. The van der Waals surface area contributed by atoms with Crippen molar-refractivity contribution in [1.82, 2.24) is 9.71 Å². The van der Waals surface area contributed by atoms with Crippen molar-refractivity contribution in [3.05, 3.63) is 41.6 Å². The second-order valence-corrected chi connectivity index (χ2v) is 6.22. The van der Waals surface area contributed by atoms with Crippen molar-refractivity contribution in [2.75, 3.05) is 13.7 Å². The Balaban J connectivity index is 0.00000158. The Morgan fingerprint density at radius 1 is 1.11 bits per heavy atom. The predicted octanol–water partition coefficient (Wildman–Crippen LogP) is 5.64. The molecule has 0 aliphatic carbocycles. The average Bonchev–Trinajstić information content (AvgIpc) is 2.68. The quantitative estimate of drug-likeness (QED) is 0.632. The van der Waals surface area contributed by atoms with Crippen LogP contribution in [0.2, 0.25) is 5.15 Å². The molecule has 1 aromatic heterocycles. The number of ether oxygens (including phenoxy) is 1. The van der Waals surface area contributed by atoms with Crippen LogP contribution in [-0.4, -0.2) is 29.0 Å². The molecule has 0 saturated carbocycles. The van der Waals surface area contributed by atoms with Gasteiger partial charge in [0.2, 0.25) is 0 Å². The van der Waals surface area contributed by atoms with Crippen molar-refractivity contribution < 1.29 is 22.1 Å². The molecule has 0 saturated heterocycles. The highest BCUT2D eigenvalue weighted by Gasteiger charge is 2.28. The van der Waals surface area contributed by atoms with E-state index in [1.54, 1.807) is 18.2 Å². The fourth-order valence-electron chi connectivity index (χ4n) is 1.73. The third-order valence-electron chi connectivity index (χ3n) is 2.72. The highest BCUT2D eigenvalue weighted by Crippen LogP contribution is 2.25. The first-order chi connectivity index (χ1) is 12.8. The van der Waals surface area contributed by atoms with E-state index in [2.05, 4.69) is 14.4 Å². The molecule has 2 rings (SSSR count). The summed E-state index contributed by atoms with van der Waals surface area (Å²) in [6, 6.07) is 8.96. The molecule has 0 fully saturated rings. The Kier molecular flexibility index (Phi) is 11.9. The number of rotatable bonds is 5. The van der Waals surface area contributed by atoms with Gasteiger partial charge in [0, 0.05) is 5.56 Å². The summed E-state index contributed by atoms with van der Waals surface area (Å²) in [4.78, 5) is 4.56. The molecule has 9 heteroatoms. The zero-order valence-electron chi connectivity index (χ0n) is 15.9. The zero-order valence-corrected chi connectivity index (χ0v) is 17.4. The molecule has 27 heavy (non-hydrogen) atoms. The Morgan fingerprint density at radius 2 is 1.67 bits per heavy atom. The maximum atomic E-state index is 12.1. The van der Waals surface area contributed by atoms with E-state index in [0.717, 1.165) is 0 Å². The van der Waals surface area contributed by atoms with E-state index in [9.17, 15) is 17.4 Å². The number of aromatic nitrogens is 1. The van der Waals surface area contributed by atoms with Gasteiger partial charge in [-0.3, -0.25) is 0 Å². The predicted molar refractivity (Wildman–Crippen MR) is 104 cm³/mol. The van der Waals surface area contributed by atoms with E-state index in [0.29, 0.717) is 16.2 Å². The largest absolute Gasteiger partial charge is 0.484 e. The Hall–Kier alpha value is -1.64. The van der Waals surface area contributed by atoms with Gasteiger partial charge in [0.1, 0.15) is 21.9 Å². The minimum absolute atomic E-state index is 0.0899. The minimum atomic E-state index is -4.39. The SMILES string of the molecule is CC.CC.CNS(=O)c1cc(Cl)nc(-c2ccc(OCC(F)(F)F)cc2)c1. The van der Waals surface area contributed by atoms with Crippen LogP contribution in [0.15, 0.2) is 41.3 Å². The number of halogens is 4. The highest BCUT2D eigenvalue weighted by molar-refractivity contribution is 7.83. The number of nitrogens with zero attached hydrogens (tertiary/aromatic N) is 1. The fourth-order valence-corrected chi connectivity index (χ4v) is 2.68. The van der Waals surface area contributed by atoms with Crippen molar-refractivity contribution in [3.8, 4) is 17.0 Å². The monoisotopic (exact) mass is 424 g/mol. The van der Waals surface area contributed by atoms with Crippen LogP contribution < -0.4 is 9.46 Å². The van der Waals surface area contributed by atoms with Crippen LogP contribution in [0.1, 0.15) is 27.7 Å². The molecule has 0 amide bonds. The zero-order chi connectivity index (χ0) is 21.0. The van der Waals surface area contributed by atoms with Crippen molar-refractivity contribution in [2.45, 2.75) is 38.8 Å². The van der Waals surface area contributed by atoms with E-state index < -0.39 is 23.8 Å². The Bertz CT molecular complexity index is 711. The van der Waals surface area contributed by atoms with Gasteiger partial charge in [-0.05, 0) is 43.4 Å². The van der Waals surface area contributed by atoms with Gasteiger partial charge in [0.05, 0.1) is 10.6 Å². The first-order valence-electron chi connectivity index (χ1n) is 8.35. The molecule has 1 aromatic carbocycles. The highest BCUT2D eigenvalue weighted by atomic mass is 35.5. The number of nitrogens with one attached hydrogen (secondary N) is 1. The van der Waals surface area contributed by atoms with E-state index in [1.807, 2.05) is 27.7 Å². The summed E-state index contributed by atoms with van der Waals surface area (Å²) in [5, 5.41) is 0.165. The van der Waals surface area contributed by atoms with Crippen molar-refractivity contribution in [3.63, 3.8) is 0 Å². The van der Waals surface area contributed by atoms with Gasteiger partial charge in [-0.1, -0.05) is 39.3 Å². The average molecular weight is 425 g/mol. The first kappa shape index (κ1) is 25.4. The maximum absolute atomic E-state index is 12.1. The van der Waals surface area contributed by atoms with E-state index in [-0.39, 0.29) is 10.9 Å². The third-order valence-corrected chi connectivity index (χ3v) is 3.95. The summed E-state index contributed by atoms with van der Waals surface area (Å²) in [6.07, 6.45) is -4.39. The lowest BCUT2D eigenvalue weighted by Crippen LogP contribution is -2.19. The molecule has 2 aromatic rings. The van der Waals surface area contributed by atoms with Crippen molar-refractivity contribution in [2.24, 2.45) is 0 Å². The molecule has 0 bridgehead atoms. The van der Waals surface area contributed by atoms with Gasteiger partial charge >= 0.3 is 6.18 Å². The molecule has 152 valence electrons. The van der Waals surface area contributed by atoms with Crippen molar-refractivity contribution in [1.29, 1.82) is 0 Å². The van der Waals surface area contributed by atoms with Crippen LogP contribution in [0.4, 0.5) is 13.2 Å². The second kappa shape index (κ2) is 12.7. The van der Waals surface area contributed by atoms with Gasteiger partial charge in [-0.2, -0.15) is 13.2 Å². The van der Waals surface area contributed by atoms with Crippen LogP contribution >= 0.6 is 11.6 Å². The van der Waals surface area contributed by atoms with Crippen LogP contribution in [0, 0.1) is 0 Å². The molecule has 0 spiro atoms. The van der Waals surface area contributed by atoms with Crippen LogP contribution in [-0.2, 0) is 11.0 Å². The molecule has 1 heterocycles. The van der Waals surface area contributed by atoms with Crippen LogP contribution in [0.3, 0.4) is 0 Å². The lowest BCUT2D eigenvalue weighted by atomic mass is 10.1. The topological polar surface area (TPSA) is 51.2 Å². The number of alkyl halides is 3. The molecule has 1 atom stereocenters. The summed E-state index contributed by atoms with van der Waals surface area (Å²) < 4.78 is 55.3. The molecule has 1 unspecified atom stereocenters. The van der Waals surface area contributed by atoms with Gasteiger partial charge in [0.25, 0.3) is 0 Å². The molecule has 0 aliphatic rings. The molecule has 4 nitrogen and oxygen atoms in total. The van der Waals surface area contributed by atoms with Crippen LogP contribution in [0.5, 0.6) is 5.75 Å². The van der Waals surface area contributed by atoms with E-state index in [1.165, 1.54) is 25.2 Å². The van der Waals surface area contributed by atoms with Gasteiger partial charge in [0.15, 0.2) is 6.61 Å². The summed E-state index contributed by atoms with van der Waals surface area (Å²) in [6.45, 7) is 6.65. The van der Waals surface area contributed by atoms with Crippen LogP contribution in [0.25, 0.3) is 11.3 Å². The molecular formula is C18H24ClF3N2O2S. The first-order valence-corrected chi connectivity index (χ1v) is 9.88. The lowest BCUT2D eigenvalue weighted by Gasteiger charge is -2.10. The third kappa shape index (κ3) is 9.21. The number of pyridine rings is 1. The summed E-state index contributed by atoms with van der Waals surface area (Å²) in [5.41, 5.74) is 1.07. The fraction of sp³-hybridized carbons (Fsp3) is 0.389. The summed E-state index contributed by atoms with van der Waals surface area (Å²) >= 11 is 5.91. The summed E-state index contributed by atoms with van der Waals surface area (Å²) in [5.74, 6) is 0.0899. The summed E-state index contributed by atoms with van der Waals surface area (Å²) in [7, 11) is 0.112. The smallest absolute Gasteiger partial charge is 0.422 e. The second-order valence-electron chi connectivity index (χ2n) is 4.41. The van der Waals surface area contributed by atoms with Gasteiger partial charge in [-0.25, -0.2) is 13.9 Å². The number of hydrogen-bond donors (Lipinski definition) is 1. The van der Waals surface area contributed by atoms with Crippen molar-refractivity contribution >= 4 is 22.6 Å². The molecular weight excluding hydrogens is 401 g/mol. The normalized spacial score (nSPS) is 11.4. The number of benzene rings is 1. The molecule has 1 N–H and O–H groups in total.